The van der Waals surface area contributed by atoms with E-state index in [-0.39, 0.29) is 6.09 Å². The van der Waals surface area contributed by atoms with Crippen LogP contribution in [0.25, 0.3) is 0 Å². The lowest BCUT2D eigenvalue weighted by atomic mass is 10.0. The van der Waals surface area contributed by atoms with E-state index in [1.807, 2.05) is 26.8 Å². The van der Waals surface area contributed by atoms with Gasteiger partial charge in [-0.1, -0.05) is 5.57 Å². The van der Waals surface area contributed by atoms with Crippen LogP contribution in [-0.4, -0.2) is 41.8 Å². The third kappa shape index (κ3) is 6.30. The van der Waals surface area contributed by atoms with E-state index in [1.165, 1.54) is 13.0 Å². The molecule has 0 bridgehead atoms. The highest BCUT2D eigenvalue weighted by Gasteiger charge is 2.25. The standard InChI is InChI=1S/C15H22N2O4/c1-11(10-16)20-13(18)9-12-5-7-17(8-6-12)14(19)21-15(2,3)4/h9,11H,5-8H2,1-4H3. The molecule has 1 heterocycles. The predicted molar refractivity (Wildman–Crippen MR) is 76.3 cm³/mol. The van der Waals surface area contributed by atoms with Gasteiger partial charge >= 0.3 is 12.1 Å². The molecule has 21 heavy (non-hydrogen) atoms. The topological polar surface area (TPSA) is 79.6 Å². The summed E-state index contributed by atoms with van der Waals surface area (Å²) in [5, 5.41) is 8.57. The summed E-state index contributed by atoms with van der Waals surface area (Å²) in [6.07, 6.45) is 1.55. The van der Waals surface area contributed by atoms with E-state index in [9.17, 15) is 9.59 Å². The number of hydrogen-bond donors (Lipinski definition) is 0. The number of nitrogens with zero attached hydrogens (tertiary/aromatic N) is 2. The molecule has 6 heteroatoms. The SMILES string of the molecule is CC(C#N)OC(=O)C=C1CCN(C(=O)OC(C)(C)C)CC1. The first-order valence-corrected chi connectivity index (χ1v) is 6.99. The molecule has 0 N–H and O–H groups in total. The summed E-state index contributed by atoms with van der Waals surface area (Å²) in [5.41, 5.74) is 0.412. The number of amides is 1. The molecule has 6 nitrogen and oxygen atoms in total. The molecule has 1 fully saturated rings. The fourth-order valence-electron chi connectivity index (χ4n) is 1.85. The van der Waals surface area contributed by atoms with Crippen molar-refractivity contribution in [1.29, 1.82) is 5.26 Å². The maximum Gasteiger partial charge on any atom is 0.410 e. The van der Waals surface area contributed by atoms with Crippen molar-refractivity contribution in [3.05, 3.63) is 11.6 Å². The largest absolute Gasteiger partial charge is 0.444 e. The first kappa shape index (κ1) is 17.0. The second kappa shape index (κ2) is 7.11. The predicted octanol–water partition coefficient (Wildman–Crippen LogP) is 2.40. The Morgan fingerprint density at radius 2 is 1.90 bits per heavy atom. The smallest absolute Gasteiger partial charge is 0.410 e. The molecule has 1 saturated heterocycles. The summed E-state index contributed by atoms with van der Waals surface area (Å²) in [6, 6.07) is 1.84. The number of esters is 1. The molecule has 116 valence electrons. The van der Waals surface area contributed by atoms with Crippen molar-refractivity contribution in [2.75, 3.05) is 13.1 Å². The van der Waals surface area contributed by atoms with E-state index >= 15 is 0 Å². The van der Waals surface area contributed by atoms with E-state index in [2.05, 4.69) is 0 Å². The molecule has 0 saturated carbocycles. The number of carbonyl (C=O) groups is 2. The van der Waals surface area contributed by atoms with Crippen molar-refractivity contribution in [1.82, 2.24) is 4.90 Å². The van der Waals surface area contributed by atoms with Crippen molar-refractivity contribution >= 4 is 12.1 Å². The fraction of sp³-hybridized carbons (Fsp3) is 0.667. The summed E-state index contributed by atoms with van der Waals surface area (Å²) in [4.78, 5) is 25.0. The number of likely N-dealkylation sites (tertiary alicyclic amines) is 1. The van der Waals surface area contributed by atoms with Gasteiger partial charge in [-0.05, 0) is 40.5 Å². The van der Waals surface area contributed by atoms with Crippen LogP contribution in [-0.2, 0) is 14.3 Å². The van der Waals surface area contributed by atoms with Gasteiger partial charge in [-0.3, -0.25) is 0 Å². The van der Waals surface area contributed by atoms with Gasteiger partial charge in [0.05, 0.1) is 0 Å². The van der Waals surface area contributed by atoms with Crippen LogP contribution in [0.3, 0.4) is 0 Å². The van der Waals surface area contributed by atoms with Gasteiger partial charge in [0.15, 0.2) is 6.10 Å². The Labute approximate surface area is 125 Å². The van der Waals surface area contributed by atoms with Gasteiger partial charge in [-0.25, -0.2) is 9.59 Å². The number of nitriles is 1. The molecule has 1 rings (SSSR count). The molecule has 1 aliphatic heterocycles. The van der Waals surface area contributed by atoms with Crippen molar-refractivity contribution in [2.24, 2.45) is 0 Å². The quantitative estimate of drug-likeness (QED) is 0.577. The Hall–Kier alpha value is -2.03. The Bertz CT molecular complexity index is 461. The molecule has 1 aliphatic rings. The Morgan fingerprint density at radius 1 is 1.33 bits per heavy atom. The lowest BCUT2D eigenvalue weighted by Crippen LogP contribution is -2.40. The van der Waals surface area contributed by atoms with Crippen molar-refractivity contribution in [3.8, 4) is 6.07 Å². The zero-order chi connectivity index (χ0) is 16.0. The molecule has 0 aromatic carbocycles. The first-order chi connectivity index (χ1) is 9.71. The van der Waals surface area contributed by atoms with Gasteiger partial charge < -0.3 is 14.4 Å². The minimum Gasteiger partial charge on any atom is -0.444 e. The second-order valence-electron chi connectivity index (χ2n) is 5.98. The van der Waals surface area contributed by atoms with E-state index in [0.717, 1.165) is 5.57 Å². The normalized spacial score (nSPS) is 16.7. The minimum atomic E-state index is -0.754. The average Bonchev–Trinajstić information content (AvgIpc) is 2.37. The van der Waals surface area contributed by atoms with Crippen molar-refractivity contribution in [3.63, 3.8) is 0 Å². The Morgan fingerprint density at radius 3 is 2.38 bits per heavy atom. The van der Waals surface area contributed by atoms with Crippen molar-refractivity contribution < 1.29 is 19.1 Å². The van der Waals surface area contributed by atoms with Crippen LogP contribution in [0.15, 0.2) is 11.6 Å². The highest BCUT2D eigenvalue weighted by atomic mass is 16.6. The summed E-state index contributed by atoms with van der Waals surface area (Å²) >= 11 is 0. The van der Waals surface area contributed by atoms with Crippen molar-refractivity contribution in [2.45, 2.75) is 52.2 Å². The molecule has 0 spiro atoms. The lowest BCUT2D eigenvalue weighted by Gasteiger charge is -2.30. The van der Waals surface area contributed by atoms with Crippen LogP contribution in [0.5, 0.6) is 0 Å². The second-order valence-corrected chi connectivity index (χ2v) is 5.98. The van der Waals surface area contributed by atoms with E-state index in [0.29, 0.717) is 25.9 Å². The summed E-state index contributed by atoms with van der Waals surface area (Å²) < 4.78 is 10.2. The minimum absolute atomic E-state index is 0.331. The van der Waals surface area contributed by atoms with Crippen LogP contribution >= 0.6 is 0 Å². The highest BCUT2D eigenvalue weighted by molar-refractivity contribution is 5.83. The average molecular weight is 294 g/mol. The molecular formula is C15H22N2O4. The zero-order valence-corrected chi connectivity index (χ0v) is 13.0. The van der Waals surface area contributed by atoms with Crippen LogP contribution < -0.4 is 0 Å². The molecule has 1 atom stereocenters. The number of ether oxygens (including phenoxy) is 2. The third-order valence-corrected chi connectivity index (χ3v) is 2.85. The first-order valence-electron chi connectivity index (χ1n) is 6.99. The number of rotatable bonds is 2. The third-order valence-electron chi connectivity index (χ3n) is 2.85. The molecule has 0 aromatic rings. The van der Waals surface area contributed by atoms with Gasteiger partial charge in [0, 0.05) is 19.2 Å². The highest BCUT2D eigenvalue weighted by Crippen LogP contribution is 2.19. The van der Waals surface area contributed by atoms with Crippen LogP contribution in [0.1, 0.15) is 40.5 Å². The lowest BCUT2D eigenvalue weighted by molar-refractivity contribution is -0.139. The van der Waals surface area contributed by atoms with E-state index in [4.69, 9.17) is 14.7 Å². The maximum absolute atomic E-state index is 11.9. The molecule has 0 aromatic heterocycles. The molecule has 0 radical (unpaired) electrons. The van der Waals surface area contributed by atoms with Crippen LogP contribution in [0.2, 0.25) is 0 Å². The summed E-state index contributed by atoms with van der Waals surface area (Å²) in [7, 11) is 0. The van der Waals surface area contributed by atoms with Gasteiger partial charge in [0.1, 0.15) is 11.7 Å². The zero-order valence-electron chi connectivity index (χ0n) is 13.0. The number of hydrogen-bond acceptors (Lipinski definition) is 5. The molecule has 1 amide bonds. The monoisotopic (exact) mass is 294 g/mol. The van der Waals surface area contributed by atoms with Crippen LogP contribution in [0.4, 0.5) is 4.79 Å². The number of piperidine rings is 1. The van der Waals surface area contributed by atoms with Gasteiger partial charge in [-0.2, -0.15) is 5.26 Å². The molecule has 1 unspecified atom stereocenters. The summed E-state index contributed by atoms with van der Waals surface area (Å²) in [5.74, 6) is -0.509. The molecule has 0 aliphatic carbocycles. The number of carbonyl (C=O) groups excluding carboxylic acids is 2. The fourth-order valence-corrected chi connectivity index (χ4v) is 1.85. The van der Waals surface area contributed by atoms with E-state index in [1.54, 1.807) is 4.90 Å². The van der Waals surface area contributed by atoms with E-state index < -0.39 is 17.7 Å². The van der Waals surface area contributed by atoms with Crippen LogP contribution in [0, 0.1) is 11.3 Å². The van der Waals surface area contributed by atoms with Gasteiger partial charge in [0.25, 0.3) is 0 Å². The van der Waals surface area contributed by atoms with Gasteiger partial charge in [-0.15, -0.1) is 0 Å². The molecular weight excluding hydrogens is 272 g/mol. The maximum atomic E-state index is 11.9. The Balaban J connectivity index is 2.47. The Kier molecular flexibility index (Phi) is 5.77. The van der Waals surface area contributed by atoms with Gasteiger partial charge in [0.2, 0.25) is 0 Å². The summed E-state index contributed by atoms with van der Waals surface area (Å²) in [6.45, 7) is 8.02.